The molecule has 0 amide bonds. The number of carbonyl (C=O) groups excluding carboxylic acids is 2. The predicted octanol–water partition coefficient (Wildman–Crippen LogP) is 3.73. The Labute approximate surface area is 123 Å². The molecule has 0 aromatic carbocycles. The molecule has 0 unspecified atom stereocenters. The zero-order chi connectivity index (χ0) is 15.4. The van der Waals surface area contributed by atoms with Crippen molar-refractivity contribution in [3.05, 3.63) is 0 Å². The van der Waals surface area contributed by atoms with Crippen LogP contribution in [0.5, 0.6) is 0 Å². The number of rotatable bonds is 11. The molecule has 0 aromatic rings. The van der Waals surface area contributed by atoms with E-state index in [0.29, 0.717) is 25.6 Å². The average molecular weight is 286 g/mol. The van der Waals surface area contributed by atoms with E-state index in [2.05, 4.69) is 13.8 Å². The molecule has 0 aliphatic rings. The third-order valence-corrected chi connectivity index (χ3v) is 3.09. The zero-order valence-electron chi connectivity index (χ0n) is 13.4. The molecule has 0 spiro atoms. The first-order valence-electron chi connectivity index (χ1n) is 7.86. The van der Waals surface area contributed by atoms with Crippen molar-refractivity contribution in [2.24, 2.45) is 11.8 Å². The van der Waals surface area contributed by atoms with Crippen LogP contribution in [0, 0.1) is 11.8 Å². The molecular weight excluding hydrogens is 256 g/mol. The fourth-order valence-corrected chi connectivity index (χ4v) is 1.67. The molecule has 118 valence electrons. The van der Waals surface area contributed by atoms with Gasteiger partial charge in [-0.05, 0) is 31.6 Å². The highest BCUT2D eigenvalue weighted by molar-refractivity contribution is 5.94. The third-order valence-electron chi connectivity index (χ3n) is 3.09. The minimum absolute atomic E-state index is 0.385. The summed E-state index contributed by atoms with van der Waals surface area (Å²) in [6.45, 7) is 8.97. The fraction of sp³-hybridized carbons (Fsp3) is 0.875. The number of unbranched alkanes of at least 4 members (excludes halogenated alkanes) is 2. The van der Waals surface area contributed by atoms with Crippen LogP contribution in [0.15, 0.2) is 0 Å². The topological polar surface area (TPSA) is 52.6 Å². The first-order chi connectivity index (χ1) is 9.52. The van der Waals surface area contributed by atoms with Gasteiger partial charge in [0.2, 0.25) is 0 Å². The largest absolute Gasteiger partial charge is 0.465 e. The van der Waals surface area contributed by atoms with Crippen LogP contribution in [0.1, 0.15) is 66.2 Å². The molecule has 0 heterocycles. The van der Waals surface area contributed by atoms with E-state index in [-0.39, 0.29) is 0 Å². The van der Waals surface area contributed by atoms with E-state index in [9.17, 15) is 9.59 Å². The van der Waals surface area contributed by atoms with Crippen molar-refractivity contribution in [2.75, 3.05) is 13.2 Å². The lowest BCUT2D eigenvalue weighted by molar-refractivity contribution is -0.162. The lowest BCUT2D eigenvalue weighted by Crippen LogP contribution is -2.29. The number of hydrogen-bond donors (Lipinski definition) is 0. The summed E-state index contributed by atoms with van der Waals surface area (Å²) in [4.78, 5) is 24.0. The van der Waals surface area contributed by atoms with E-state index in [0.717, 1.165) is 32.1 Å². The van der Waals surface area contributed by atoms with Crippen molar-refractivity contribution in [1.29, 1.82) is 0 Å². The van der Waals surface area contributed by atoms with E-state index in [1.54, 1.807) is 0 Å². The van der Waals surface area contributed by atoms with E-state index in [1.807, 2.05) is 13.8 Å². The van der Waals surface area contributed by atoms with Gasteiger partial charge in [0, 0.05) is 0 Å². The zero-order valence-corrected chi connectivity index (χ0v) is 13.4. The van der Waals surface area contributed by atoms with Gasteiger partial charge in [-0.3, -0.25) is 9.59 Å². The van der Waals surface area contributed by atoms with Gasteiger partial charge in [-0.15, -0.1) is 0 Å². The van der Waals surface area contributed by atoms with E-state index < -0.39 is 17.9 Å². The highest BCUT2D eigenvalue weighted by Crippen LogP contribution is 2.16. The molecule has 4 nitrogen and oxygen atoms in total. The van der Waals surface area contributed by atoms with Gasteiger partial charge in [-0.25, -0.2) is 0 Å². The highest BCUT2D eigenvalue weighted by Gasteiger charge is 2.29. The normalized spacial score (nSPS) is 10.9. The van der Waals surface area contributed by atoms with Gasteiger partial charge in [-0.1, -0.05) is 40.5 Å². The lowest BCUT2D eigenvalue weighted by atomic mass is 9.98. The molecule has 0 saturated carbocycles. The second-order valence-electron chi connectivity index (χ2n) is 5.57. The quantitative estimate of drug-likeness (QED) is 0.330. The van der Waals surface area contributed by atoms with Crippen LogP contribution in [-0.4, -0.2) is 25.2 Å². The monoisotopic (exact) mass is 286 g/mol. The molecular formula is C16H30O4. The Bertz CT molecular complexity index is 252. The van der Waals surface area contributed by atoms with Gasteiger partial charge in [0.25, 0.3) is 0 Å². The summed E-state index contributed by atoms with van der Waals surface area (Å²) in [5, 5.41) is 0. The van der Waals surface area contributed by atoms with E-state index >= 15 is 0 Å². The van der Waals surface area contributed by atoms with Gasteiger partial charge >= 0.3 is 11.9 Å². The van der Waals surface area contributed by atoms with Gasteiger partial charge in [0.05, 0.1) is 13.2 Å². The summed E-state index contributed by atoms with van der Waals surface area (Å²) in [6.07, 6.45) is 4.90. The van der Waals surface area contributed by atoms with Crippen molar-refractivity contribution in [2.45, 2.75) is 66.2 Å². The summed E-state index contributed by atoms with van der Waals surface area (Å²) >= 11 is 0. The van der Waals surface area contributed by atoms with Gasteiger partial charge in [0.1, 0.15) is 0 Å². The van der Waals surface area contributed by atoms with Crippen LogP contribution in [0.25, 0.3) is 0 Å². The fourth-order valence-electron chi connectivity index (χ4n) is 1.67. The van der Waals surface area contributed by atoms with Crippen molar-refractivity contribution in [3.63, 3.8) is 0 Å². The van der Waals surface area contributed by atoms with Crippen LogP contribution < -0.4 is 0 Å². The van der Waals surface area contributed by atoms with Crippen LogP contribution >= 0.6 is 0 Å². The standard InChI is InChI=1S/C16H30O4/c1-5-7-11-19-15(17)14(10-9-13(3)4)16(18)20-12-8-6-2/h13-14H,5-12H2,1-4H3. The lowest BCUT2D eigenvalue weighted by Gasteiger charge is -2.16. The predicted molar refractivity (Wildman–Crippen MR) is 79.3 cm³/mol. The summed E-state index contributed by atoms with van der Waals surface area (Å²) in [5.74, 6) is -1.17. The smallest absolute Gasteiger partial charge is 0.320 e. The maximum absolute atomic E-state index is 12.0. The Kier molecular flexibility index (Phi) is 11.1. The van der Waals surface area contributed by atoms with Crippen molar-refractivity contribution >= 4 is 11.9 Å². The minimum Gasteiger partial charge on any atom is -0.465 e. The molecule has 0 atom stereocenters. The number of esters is 2. The molecule has 0 rings (SSSR count). The molecule has 0 aromatic heterocycles. The molecule has 0 saturated heterocycles. The second kappa shape index (κ2) is 11.7. The second-order valence-corrected chi connectivity index (χ2v) is 5.57. The first-order valence-corrected chi connectivity index (χ1v) is 7.86. The van der Waals surface area contributed by atoms with Gasteiger partial charge < -0.3 is 9.47 Å². The van der Waals surface area contributed by atoms with Gasteiger partial charge in [-0.2, -0.15) is 0 Å². The molecule has 0 aliphatic carbocycles. The molecule has 0 aliphatic heterocycles. The Hall–Kier alpha value is -1.06. The molecule has 20 heavy (non-hydrogen) atoms. The summed E-state index contributed by atoms with van der Waals surface area (Å²) < 4.78 is 10.3. The Morgan fingerprint density at radius 2 is 1.30 bits per heavy atom. The maximum atomic E-state index is 12.0. The van der Waals surface area contributed by atoms with Crippen LogP contribution in [0.4, 0.5) is 0 Å². The number of ether oxygens (including phenoxy) is 2. The first kappa shape index (κ1) is 18.9. The highest BCUT2D eigenvalue weighted by atomic mass is 16.6. The number of carbonyl (C=O) groups is 2. The Morgan fingerprint density at radius 3 is 1.65 bits per heavy atom. The molecule has 0 radical (unpaired) electrons. The molecule has 4 heteroatoms. The van der Waals surface area contributed by atoms with E-state index in [1.165, 1.54) is 0 Å². The van der Waals surface area contributed by atoms with Gasteiger partial charge in [0.15, 0.2) is 5.92 Å². The van der Waals surface area contributed by atoms with Crippen LogP contribution in [0.3, 0.4) is 0 Å². The Balaban J connectivity index is 4.37. The summed E-state index contributed by atoms with van der Waals surface area (Å²) in [6, 6.07) is 0. The van der Waals surface area contributed by atoms with Crippen LogP contribution in [-0.2, 0) is 19.1 Å². The van der Waals surface area contributed by atoms with Crippen LogP contribution in [0.2, 0.25) is 0 Å². The number of hydrogen-bond acceptors (Lipinski definition) is 4. The third kappa shape index (κ3) is 8.94. The minimum atomic E-state index is -0.758. The van der Waals surface area contributed by atoms with Crippen molar-refractivity contribution in [3.8, 4) is 0 Å². The summed E-state index contributed by atoms with van der Waals surface area (Å²) in [7, 11) is 0. The molecule has 0 bridgehead atoms. The SMILES string of the molecule is CCCCOC(=O)C(CCC(C)C)C(=O)OCCCC. The van der Waals surface area contributed by atoms with Crippen molar-refractivity contribution < 1.29 is 19.1 Å². The maximum Gasteiger partial charge on any atom is 0.320 e. The Morgan fingerprint density at radius 1 is 0.850 bits per heavy atom. The molecule has 0 N–H and O–H groups in total. The van der Waals surface area contributed by atoms with E-state index in [4.69, 9.17) is 9.47 Å². The van der Waals surface area contributed by atoms with Crippen molar-refractivity contribution in [1.82, 2.24) is 0 Å². The summed E-state index contributed by atoms with van der Waals surface area (Å²) in [5.41, 5.74) is 0. The average Bonchev–Trinajstić information content (AvgIpc) is 2.39. The molecule has 0 fully saturated rings.